The van der Waals surface area contributed by atoms with Crippen molar-refractivity contribution in [3.63, 3.8) is 0 Å². The fourth-order valence-corrected chi connectivity index (χ4v) is 2.93. The van der Waals surface area contributed by atoms with Crippen molar-refractivity contribution in [2.24, 2.45) is 0 Å². The van der Waals surface area contributed by atoms with Gasteiger partial charge in [-0.25, -0.2) is 4.98 Å². The molecule has 2 heterocycles. The van der Waals surface area contributed by atoms with Crippen molar-refractivity contribution in [3.8, 4) is 17.1 Å². The number of fused-ring (bicyclic) bond motifs is 1. The van der Waals surface area contributed by atoms with Gasteiger partial charge in [-0.3, -0.25) is 14.9 Å². The molecule has 0 spiro atoms. The summed E-state index contributed by atoms with van der Waals surface area (Å²) in [7, 11) is 1.44. The van der Waals surface area contributed by atoms with Gasteiger partial charge in [-0.05, 0) is 48.6 Å². The molecule has 2 aromatic carbocycles. The highest BCUT2D eigenvalue weighted by atomic mass is 16.6. The lowest BCUT2D eigenvalue weighted by Crippen LogP contribution is -2.09. The summed E-state index contributed by atoms with van der Waals surface area (Å²) in [5, 5.41) is 11.9. The van der Waals surface area contributed by atoms with Crippen LogP contribution in [-0.4, -0.2) is 22.0 Å². The van der Waals surface area contributed by atoms with E-state index in [1.165, 1.54) is 13.2 Å². The first-order valence-electron chi connectivity index (χ1n) is 8.65. The third-order valence-electron chi connectivity index (χ3n) is 4.33. The zero-order valence-corrected chi connectivity index (χ0v) is 15.3. The van der Waals surface area contributed by atoms with Gasteiger partial charge in [0, 0.05) is 0 Å². The molecule has 0 radical (unpaired) electrons. The molecule has 0 aliphatic rings. The number of aromatic amines is 1. The Hall–Kier alpha value is -4.20. The highest BCUT2D eigenvalue weighted by molar-refractivity contribution is 5.79. The molecule has 1 N–H and O–H groups in total. The van der Waals surface area contributed by atoms with Crippen LogP contribution in [0.2, 0.25) is 0 Å². The maximum Gasteiger partial charge on any atom is 0.284 e. The van der Waals surface area contributed by atoms with Gasteiger partial charge in [0.05, 0.1) is 34.6 Å². The number of para-hydroxylation sites is 1. The van der Waals surface area contributed by atoms with Crippen molar-refractivity contribution in [1.82, 2.24) is 9.97 Å². The fraction of sp³-hybridized carbons (Fsp3) is 0.0476. The van der Waals surface area contributed by atoms with Gasteiger partial charge in [0.2, 0.25) is 0 Å². The number of hydrogen-bond acceptors (Lipinski definition) is 6. The number of aromatic nitrogens is 2. The largest absolute Gasteiger partial charge is 0.497 e. The maximum absolute atomic E-state index is 12.1. The Bertz CT molecular complexity index is 1300. The Morgan fingerprint density at radius 1 is 1.14 bits per heavy atom. The van der Waals surface area contributed by atoms with Crippen LogP contribution < -0.4 is 10.3 Å². The molecule has 4 aromatic rings. The predicted octanol–water partition coefficient (Wildman–Crippen LogP) is 4.27. The number of nitrogens with one attached hydrogen (secondary N) is 1. The van der Waals surface area contributed by atoms with E-state index in [0.29, 0.717) is 39.6 Å². The first-order valence-corrected chi connectivity index (χ1v) is 8.65. The Balaban J connectivity index is 1.65. The SMILES string of the molecule is COc1ccc(-c2ccc(C=Cc3nc4ccccc4c(=O)[nH]3)o2)c([N+](=O)[O-])c1. The van der Waals surface area contributed by atoms with Crippen molar-refractivity contribution in [2.75, 3.05) is 7.11 Å². The molecule has 29 heavy (non-hydrogen) atoms. The second kappa shape index (κ2) is 7.43. The standard InChI is InChI=1S/C21H15N3O5/c1-28-14-6-9-16(18(12-14)24(26)27)19-10-7-13(29-19)8-11-20-22-17-5-3-2-4-15(17)21(25)23-20/h2-12H,1H3,(H,22,23,25). The van der Waals surface area contributed by atoms with E-state index in [2.05, 4.69) is 9.97 Å². The lowest BCUT2D eigenvalue weighted by Gasteiger charge is -2.03. The van der Waals surface area contributed by atoms with E-state index < -0.39 is 4.92 Å². The summed E-state index contributed by atoms with van der Waals surface area (Å²) < 4.78 is 10.8. The van der Waals surface area contributed by atoms with Crippen LogP contribution in [0.4, 0.5) is 5.69 Å². The molecule has 0 unspecified atom stereocenters. The summed E-state index contributed by atoms with van der Waals surface area (Å²) in [6.07, 6.45) is 3.24. The fourth-order valence-electron chi connectivity index (χ4n) is 2.93. The van der Waals surface area contributed by atoms with Gasteiger partial charge < -0.3 is 14.1 Å². The molecule has 0 aliphatic heterocycles. The van der Waals surface area contributed by atoms with E-state index in [1.807, 2.05) is 6.07 Å². The lowest BCUT2D eigenvalue weighted by molar-refractivity contribution is -0.384. The van der Waals surface area contributed by atoms with E-state index in [-0.39, 0.29) is 11.2 Å². The number of benzene rings is 2. The zero-order chi connectivity index (χ0) is 20.4. The highest BCUT2D eigenvalue weighted by Crippen LogP contribution is 2.34. The molecular weight excluding hydrogens is 374 g/mol. The minimum absolute atomic E-state index is 0.116. The number of ether oxygens (including phenoxy) is 1. The summed E-state index contributed by atoms with van der Waals surface area (Å²) >= 11 is 0. The van der Waals surface area contributed by atoms with Gasteiger partial charge in [-0.15, -0.1) is 0 Å². The second-order valence-corrected chi connectivity index (χ2v) is 6.14. The molecule has 0 saturated carbocycles. The Kier molecular flexibility index (Phi) is 4.66. The van der Waals surface area contributed by atoms with Crippen LogP contribution in [0, 0.1) is 10.1 Å². The normalized spacial score (nSPS) is 11.2. The molecule has 4 rings (SSSR count). The molecule has 8 nitrogen and oxygen atoms in total. The number of methoxy groups -OCH3 is 1. The van der Waals surface area contributed by atoms with Crippen molar-refractivity contribution >= 4 is 28.7 Å². The van der Waals surface area contributed by atoms with E-state index in [9.17, 15) is 14.9 Å². The molecular formula is C21H15N3O5. The quantitative estimate of drug-likeness (QED) is 0.403. The highest BCUT2D eigenvalue weighted by Gasteiger charge is 2.19. The number of nitro groups is 1. The van der Waals surface area contributed by atoms with Crippen LogP contribution >= 0.6 is 0 Å². The third-order valence-corrected chi connectivity index (χ3v) is 4.33. The van der Waals surface area contributed by atoms with Gasteiger partial charge in [0.25, 0.3) is 11.2 Å². The Labute approximate surface area is 164 Å². The number of furan rings is 1. The lowest BCUT2D eigenvalue weighted by atomic mass is 10.1. The second-order valence-electron chi connectivity index (χ2n) is 6.14. The van der Waals surface area contributed by atoms with Gasteiger partial charge in [0.1, 0.15) is 23.1 Å². The van der Waals surface area contributed by atoms with Crippen molar-refractivity contribution in [2.45, 2.75) is 0 Å². The number of nitro benzene ring substituents is 1. The summed E-state index contributed by atoms with van der Waals surface area (Å²) in [6.45, 7) is 0. The van der Waals surface area contributed by atoms with E-state index in [0.717, 1.165) is 0 Å². The van der Waals surface area contributed by atoms with Crippen molar-refractivity contribution in [3.05, 3.63) is 86.7 Å². The molecule has 2 aromatic heterocycles. The molecule has 144 valence electrons. The molecule has 0 saturated heterocycles. The molecule has 0 atom stereocenters. The molecule has 0 aliphatic carbocycles. The Morgan fingerprint density at radius 2 is 1.97 bits per heavy atom. The third kappa shape index (κ3) is 3.63. The average Bonchev–Trinajstić information content (AvgIpc) is 3.20. The summed E-state index contributed by atoms with van der Waals surface area (Å²) in [6, 6.07) is 14.9. The maximum atomic E-state index is 12.1. The summed E-state index contributed by atoms with van der Waals surface area (Å²) in [5.74, 6) is 1.57. The number of nitrogens with zero attached hydrogens (tertiary/aromatic N) is 2. The minimum atomic E-state index is -0.486. The number of rotatable bonds is 5. The van der Waals surface area contributed by atoms with Gasteiger partial charge in [-0.2, -0.15) is 0 Å². The predicted molar refractivity (Wildman–Crippen MR) is 109 cm³/mol. The van der Waals surface area contributed by atoms with Crippen LogP contribution in [0.3, 0.4) is 0 Å². The van der Waals surface area contributed by atoms with Crippen LogP contribution in [0.25, 0.3) is 34.4 Å². The first kappa shape index (κ1) is 18.2. The van der Waals surface area contributed by atoms with Gasteiger partial charge in [0.15, 0.2) is 0 Å². The van der Waals surface area contributed by atoms with Gasteiger partial charge in [-0.1, -0.05) is 12.1 Å². The van der Waals surface area contributed by atoms with Crippen LogP contribution in [0.1, 0.15) is 11.6 Å². The Morgan fingerprint density at radius 3 is 2.76 bits per heavy atom. The topological polar surface area (TPSA) is 111 Å². The smallest absolute Gasteiger partial charge is 0.284 e. The first-order chi connectivity index (χ1) is 14.0. The minimum Gasteiger partial charge on any atom is -0.497 e. The van der Waals surface area contributed by atoms with Gasteiger partial charge >= 0.3 is 0 Å². The van der Waals surface area contributed by atoms with E-state index in [4.69, 9.17) is 9.15 Å². The van der Waals surface area contributed by atoms with Crippen molar-refractivity contribution < 1.29 is 14.1 Å². The molecule has 0 bridgehead atoms. The summed E-state index contributed by atoms with van der Waals surface area (Å²) in [4.78, 5) is 30.1. The summed E-state index contributed by atoms with van der Waals surface area (Å²) in [5.41, 5.74) is 0.580. The van der Waals surface area contributed by atoms with E-state index in [1.54, 1.807) is 54.6 Å². The number of hydrogen-bond donors (Lipinski definition) is 1. The number of H-pyrrole nitrogens is 1. The monoisotopic (exact) mass is 389 g/mol. The average molecular weight is 389 g/mol. The van der Waals surface area contributed by atoms with Crippen LogP contribution in [-0.2, 0) is 0 Å². The van der Waals surface area contributed by atoms with E-state index >= 15 is 0 Å². The molecule has 0 amide bonds. The van der Waals surface area contributed by atoms with Crippen molar-refractivity contribution in [1.29, 1.82) is 0 Å². The molecule has 0 fully saturated rings. The zero-order valence-electron chi connectivity index (χ0n) is 15.3. The van der Waals surface area contributed by atoms with Crippen LogP contribution in [0.15, 0.2) is 63.8 Å². The van der Waals surface area contributed by atoms with Crippen LogP contribution in [0.5, 0.6) is 5.75 Å². The molecule has 8 heteroatoms.